The van der Waals surface area contributed by atoms with Crippen LogP contribution in [0.5, 0.6) is 0 Å². The average Bonchev–Trinajstić information content (AvgIpc) is 2.19. The maximum Gasteiger partial charge on any atom is 0.0357 e. The van der Waals surface area contributed by atoms with Gasteiger partial charge in [-0.2, -0.15) is 0 Å². The molecule has 1 aromatic carbocycles. The lowest BCUT2D eigenvalue weighted by Crippen LogP contribution is -2.03. The van der Waals surface area contributed by atoms with Crippen LogP contribution >= 0.6 is 38.5 Å². The van der Waals surface area contributed by atoms with Crippen molar-refractivity contribution < 1.29 is 0 Å². The SMILES string of the molecule is C=C(CC)CNc1ccc(I)c(Br)c1. The van der Waals surface area contributed by atoms with E-state index in [9.17, 15) is 0 Å². The first kappa shape index (κ1) is 12.0. The fraction of sp³-hybridized carbons (Fsp3) is 0.273. The number of halogens is 2. The van der Waals surface area contributed by atoms with Crippen LogP contribution in [0.15, 0.2) is 34.8 Å². The summed E-state index contributed by atoms with van der Waals surface area (Å²) in [6.45, 7) is 6.92. The number of anilines is 1. The Hall–Kier alpha value is -0.0300. The summed E-state index contributed by atoms with van der Waals surface area (Å²) in [7, 11) is 0. The van der Waals surface area contributed by atoms with Crippen molar-refractivity contribution in [3.05, 3.63) is 38.4 Å². The summed E-state index contributed by atoms with van der Waals surface area (Å²) < 4.78 is 2.35. The van der Waals surface area contributed by atoms with E-state index in [1.54, 1.807) is 0 Å². The lowest BCUT2D eigenvalue weighted by atomic mass is 10.2. The summed E-state index contributed by atoms with van der Waals surface area (Å²) >= 11 is 5.80. The molecule has 0 saturated carbocycles. The molecule has 0 bridgehead atoms. The molecule has 0 aromatic heterocycles. The summed E-state index contributed by atoms with van der Waals surface area (Å²) in [4.78, 5) is 0. The van der Waals surface area contributed by atoms with Gasteiger partial charge >= 0.3 is 0 Å². The number of hydrogen-bond acceptors (Lipinski definition) is 1. The van der Waals surface area contributed by atoms with Gasteiger partial charge in [-0.1, -0.05) is 19.1 Å². The van der Waals surface area contributed by atoms with Crippen molar-refractivity contribution in [3.63, 3.8) is 0 Å². The highest BCUT2D eigenvalue weighted by atomic mass is 127. The second-order valence-electron chi connectivity index (χ2n) is 3.09. The van der Waals surface area contributed by atoms with Gasteiger partial charge in [0.25, 0.3) is 0 Å². The van der Waals surface area contributed by atoms with E-state index in [2.05, 4.69) is 75.5 Å². The zero-order valence-corrected chi connectivity index (χ0v) is 11.9. The molecule has 0 atom stereocenters. The van der Waals surface area contributed by atoms with Crippen LogP contribution in [-0.2, 0) is 0 Å². The number of nitrogens with one attached hydrogen (secondary N) is 1. The molecule has 76 valence electrons. The standard InChI is InChI=1S/C11H13BrIN/c1-3-8(2)7-14-9-4-5-11(13)10(12)6-9/h4-6,14H,2-3,7H2,1H3. The van der Waals surface area contributed by atoms with Gasteiger partial charge in [0.15, 0.2) is 0 Å². The van der Waals surface area contributed by atoms with Crippen molar-refractivity contribution >= 4 is 44.2 Å². The molecule has 0 fully saturated rings. The lowest BCUT2D eigenvalue weighted by Gasteiger charge is -2.08. The second kappa shape index (κ2) is 5.75. The third kappa shape index (κ3) is 3.61. The highest BCUT2D eigenvalue weighted by Gasteiger charge is 1.98. The minimum Gasteiger partial charge on any atom is -0.381 e. The predicted molar refractivity (Wildman–Crippen MR) is 74.8 cm³/mol. The Bertz CT molecular complexity index is 336. The quantitative estimate of drug-likeness (QED) is 0.614. The molecule has 1 N–H and O–H groups in total. The van der Waals surface area contributed by atoms with Gasteiger partial charge in [-0.05, 0) is 63.1 Å². The molecule has 1 nitrogen and oxygen atoms in total. The van der Waals surface area contributed by atoms with Gasteiger partial charge < -0.3 is 5.32 Å². The van der Waals surface area contributed by atoms with Crippen molar-refractivity contribution in [1.29, 1.82) is 0 Å². The summed E-state index contributed by atoms with van der Waals surface area (Å²) in [6.07, 6.45) is 1.03. The van der Waals surface area contributed by atoms with Crippen LogP contribution in [0.1, 0.15) is 13.3 Å². The van der Waals surface area contributed by atoms with Crippen molar-refractivity contribution in [2.75, 3.05) is 11.9 Å². The van der Waals surface area contributed by atoms with E-state index in [4.69, 9.17) is 0 Å². The van der Waals surface area contributed by atoms with E-state index in [0.29, 0.717) is 0 Å². The van der Waals surface area contributed by atoms with Crippen molar-refractivity contribution in [3.8, 4) is 0 Å². The van der Waals surface area contributed by atoms with Crippen LogP contribution in [-0.4, -0.2) is 6.54 Å². The van der Waals surface area contributed by atoms with Crippen molar-refractivity contribution in [1.82, 2.24) is 0 Å². The predicted octanol–water partition coefficient (Wildman–Crippen LogP) is 4.43. The average molecular weight is 366 g/mol. The van der Waals surface area contributed by atoms with Crippen LogP contribution in [0.3, 0.4) is 0 Å². The fourth-order valence-electron chi connectivity index (χ4n) is 0.958. The molecule has 14 heavy (non-hydrogen) atoms. The van der Waals surface area contributed by atoms with Gasteiger partial charge in [0.2, 0.25) is 0 Å². The normalized spacial score (nSPS) is 9.93. The third-order valence-electron chi connectivity index (χ3n) is 1.96. The molecular weight excluding hydrogens is 353 g/mol. The van der Waals surface area contributed by atoms with E-state index in [1.807, 2.05) is 0 Å². The molecule has 0 amide bonds. The fourth-order valence-corrected chi connectivity index (χ4v) is 1.67. The van der Waals surface area contributed by atoms with Gasteiger partial charge in [-0.3, -0.25) is 0 Å². The molecule has 0 aliphatic rings. The minimum atomic E-state index is 0.851. The molecule has 0 aliphatic heterocycles. The number of hydrogen-bond donors (Lipinski definition) is 1. The summed E-state index contributed by atoms with van der Waals surface area (Å²) in [5.74, 6) is 0. The van der Waals surface area contributed by atoms with Crippen LogP contribution < -0.4 is 5.32 Å². The summed E-state index contributed by atoms with van der Waals surface area (Å²) in [6, 6.07) is 6.25. The van der Waals surface area contributed by atoms with Gasteiger partial charge in [0, 0.05) is 20.3 Å². The maximum atomic E-state index is 3.95. The smallest absolute Gasteiger partial charge is 0.0357 e. The Morgan fingerprint density at radius 2 is 2.29 bits per heavy atom. The van der Waals surface area contributed by atoms with Crippen LogP contribution in [0.4, 0.5) is 5.69 Å². The van der Waals surface area contributed by atoms with Gasteiger partial charge in [0.05, 0.1) is 0 Å². The zero-order valence-electron chi connectivity index (χ0n) is 8.11. The molecule has 3 heteroatoms. The van der Waals surface area contributed by atoms with E-state index in [1.165, 1.54) is 9.14 Å². The molecular formula is C11H13BrIN. The second-order valence-corrected chi connectivity index (χ2v) is 5.10. The Morgan fingerprint density at radius 1 is 1.57 bits per heavy atom. The Morgan fingerprint density at radius 3 is 2.86 bits per heavy atom. The van der Waals surface area contributed by atoms with E-state index in [-0.39, 0.29) is 0 Å². The minimum absolute atomic E-state index is 0.851. The molecule has 1 aromatic rings. The summed E-state index contributed by atoms with van der Waals surface area (Å²) in [5, 5.41) is 3.33. The largest absolute Gasteiger partial charge is 0.381 e. The lowest BCUT2D eigenvalue weighted by molar-refractivity contribution is 1.05. The van der Waals surface area contributed by atoms with Gasteiger partial charge in [-0.15, -0.1) is 0 Å². The first-order valence-electron chi connectivity index (χ1n) is 4.49. The molecule has 0 unspecified atom stereocenters. The Balaban J connectivity index is 2.60. The Kier molecular flexibility index (Phi) is 4.95. The highest BCUT2D eigenvalue weighted by molar-refractivity contribution is 14.1. The van der Waals surface area contributed by atoms with E-state index in [0.717, 1.165) is 23.1 Å². The van der Waals surface area contributed by atoms with Crippen LogP contribution in [0.25, 0.3) is 0 Å². The first-order chi connectivity index (χ1) is 6.63. The van der Waals surface area contributed by atoms with E-state index >= 15 is 0 Å². The molecule has 0 saturated heterocycles. The highest BCUT2D eigenvalue weighted by Crippen LogP contribution is 2.22. The van der Waals surface area contributed by atoms with Crippen molar-refractivity contribution in [2.24, 2.45) is 0 Å². The topological polar surface area (TPSA) is 12.0 Å². The van der Waals surface area contributed by atoms with E-state index < -0.39 is 0 Å². The monoisotopic (exact) mass is 365 g/mol. The summed E-state index contributed by atoms with van der Waals surface area (Å²) in [5.41, 5.74) is 2.35. The Labute approximate surface area is 107 Å². The number of benzene rings is 1. The first-order valence-corrected chi connectivity index (χ1v) is 6.36. The molecule has 0 heterocycles. The van der Waals surface area contributed by atoms with Gasteiger partial charge in [-0.25, -0.2) is 0 Å². The molecule has 0 spiro atoms. The number of rotatable bonds is 4. The maximum absolute atomic E-state index is 3.95. The third-order valence-corrected chi connectivity index (χ3v) is 4.30. The van der Waals surface area contributed by atoms with Crippen molar-refractivity contribution in [2.45, 2.75) is 13.3 Å². The van der Waals surface area contributed by atoms with Crippen LogP contribution in [0, 0.1) is 3.57 Å². The van der Waals surface area contributed by atoms with Crippen LogP contribution in [0.2, 0.25) is 0 Å². The molecule has 0 aliphatic carbocycles. The molecule has 1 rings (SSSR count). The molecule has 0 radical (unpaired) electrons. The zero-order chi connectivity index (χ0) is 10.6. The van der Waals surface area contributed by atoms with Gasteiger partial charge in [0.1, 0.15) is 0 Å².